The van der Waals surface area contributed by atoms with Gasteiger partial charge in [0.05, 0.1) is 11.9 Å². The SMILES string of the molecule is N[n+]1ccccc1.N[n+]1ccccc1.O=C([O-])/C=C\C(=O)[O-]. The second kappa shape index (κ2) is 11.4. The molecule has 2 heterocycles. The number of carbonyl (C=O) groups excluding carboxylic acids is 2. The minimum absolute atomic E-state index is 0.384. The molecule has 0 saturated heterocycles. The van der Waals surface area contributed by atoms with Gasteiger partial charge in [-0.2, -0.15) is 0 Å². The molecule has 2 aromatic rings. The van der Waals surface area contributed by atoms with E-state index < -0.39 is 11.9 Å². The van der Waals surface area contributed by atoms with Gasteiger partial charge in [0.1, 0.15) is 0 Å². The van der Waals surface area contributed by atoms with E-state index in [2.05, 4.69) is 0 Å². The number of aliphatic carboxylic acids is 2. The van der Waals surface area contributed by atoms with Gasteiger partial charge < -0.3 is 19.8 Å². The number of nitrogens with two attached hydrogens (primary N) is 2. The van der Waals surface area contributed by atoms with E-state index >= 15 is 0 Å². The number of pyridine rings is 2. The third kappa shape index (κ3) is 13.0. The molecule has 0 unspecified atom stereocenters. The lowest BCUT2D eigenvalue weighted by molar-refractivity contribution is -0.639. The quantitative estimate of drug-likeness (QED) is 0.334. The van der Waals surface area contributed by atoms with Crippen LogP contribution >= 0.6 is 0 Å². The molecule has 0 saturated carbocycles. The Morgan fingerprint density at radius 3 is 1.09 bits per heavy atom. The van der Waals surface area contributed by atoms with Crippen molar-refractivity contribution in [1.82, 2.24) is 0 Å². The van der Waals surface area contributed by atoms with Gasteiger partial charge in [0.2, 0.25) is 0 Å². The lowest BCUT2D eigenvalue weighted by Gasteiger charge is -1.90. The highest BCUT2D eigenvalue weighted by Crippen LogP contribution is 1.71. The van der Waals surface area contributed by atoms with Crippen LogP contribution in [0.2, 0.25) is 0 Å². The minimum atomic E-state index is -1.55. The van der Waals surface area contributed by atoms with Gasteiger partial charge in [0.15, 0.2) is 24.8 Å². The number of hydrogen-bond acceptors (Lipinski definition) is 6. The first-order valence-corrected chi connectivity index (χ1v) is 5.94. The van der Waals surface area contributed by atoms with Crippen LogP contribution in [0.1, 0.15) is 0 Å². The molecule has 8 heteroatoms. The van der Waals surface area contributed by atoms with Crippen LogP contribution in [0.5, 0.6) is 0 Å². The molecule has 22 heavy (non-hydrogen) atoms. The fraction of sp³-hybridized carbons (Fsp3) is 0. The van der Waals surface area contributed by atoms with Gasteiger partial charge in [-0.25, -0.2) is 11.7 Å². The van der Waals surface area contributed by atoms with Crippen LogP contribution in [-0.2, 0) is 9.59 Å². The summed E-state index contributed by atoms with van der Waals surface area (Å²) in [4.78, 5) is 18.8. The average molecular weight is 304 g/mol. The first-order chi connectivity index (χ1) is 10.4. The van der Waals surface area contributed by atoms with E-state index in [1.165, 1.54) is 9.35 Å². The van der Waals surface area contributed by atoms with Gasteiger partial charge in [-0.15, -0.1) is 0 Å². The maximum atomic E-state index is 9.41. The van der Waals surface area contributed by atoms with Gasteiger partial charge in [-0.3, -0.25) is 0 Å². The van der Waals surface area contributed by atoms with Gasteiger partial charge in [0.25, 0.3) is 0 Å². The molecule has 0 amide bonds. The Morgan fingerprint density at radius 1 is 0.682 bits per heavy atom. The lowest BCUT2D eigenvalue weighted by Crippen LogP contribution is -2.42. The monoisotopic (exact) mass is 304 g/mol. The summed E-state index contributed by atoms with van der Waals surface area (Å²) >= 11 is 0. The first-order valence-electron chi connectivity index (χ1n) is 5.94. The van der Waals surface area contributed by atoms with Gasteiger partial charge in [-0.1, -0.05) is 21.5 Å². The molecule has 0 spiro atoms. The summed E-state index contributed by atoms with van der Waals surface area (Å²) in [6.45, 7) is 0. The fourth-order valence-corrected chi connectivity index (χ4v) is 0.960. The highest BCUT2D eigenvalue weighted by atomic mass is 16.4. The molecule has 0 aliphatic heterocycles. The van der Waals surface area contributed by atoms with Crippen molar-refractivity contribution in [1.29, 1.82) is 0 Å². The molecule has 0 aromatic carbocycles. The van der Waals surface area contributed by atoms with Crippen LogP contribution in [0, 0.1) is 0 Å². The van der Waals surface area contributed by atoms with Crippen LogP contribution in [0.3, 0.4) is 0 Å². The number of aromatic nitrogens is 2. The second-order valence-electron chi connectivity index (χ2n) is 3.62. The highest BCUT2D eigenvalue weighted by Gasteiger charge is 1.80. The van der Waals surface area contributed by atoms with Gasteiger partial charge >= 0.3 is 0 Å². The Bertz CT molecular complexity index is 535. The van der Waals surface area contributed by atoms with Crippen LogP contribution in [0.15, 0.2) is 73.3 Å². The number of rotatable bonds is 2. The van der Waals surface area contributed by atoms with Gasteiger partial charge in [-0.05, 0) is 12.2 Å². The van der Waals surface area contributed by atoms with E-state index in [1.807, 2.05) is 36.4 Å². The minimum Gasteiger partial charge on any atom is -0.545 e. The van der Waals surface area contributed by atoms with E-state index in [0.717, 1.165) is 0 Å². The maximum Gasteiger partial charge on any atom is 0.199 e. The van der Waals surface area contributed by atoms with Gasteiger partial charge in [0, 0.05) is 24.3 Å². The predicted molar refractivity (Wildman–Crippen MR) is 72.7 cm³/mol. The van der Waals surface area contributed by atoms with Crippen LogP contribution in [-0.4, -0.2) is 11.9 Å². The van der Waals surface area contributed by atoms with Crippen molar-refractivity contribution in [2.75, 3.05) is 11.7 Å². The number of carbonyl (C=O) groups is 2. The molecule has 4 N–H and O–H groups in total. The molecule has 0 atom stereocenters. The number of nitrogens with zero attached hydrogens (tertiary/aromatic N) is 2. The van der Waals surface area contributed by atoms with E-state index in [-0.39, 0.29) is 0 Å². The summed E-state index contributed by atoms with van der Waals surface area (Å²) < 4.78 is 3.00. The predicted octanol–water partition coefficient (Wildman–Crippen LogP) is -3.58. The number of nitrogen functional groups attached to an aromatic ring is 2. The molecule has 0 fully saturated rings. The van der Waals surface area contributed by atoms with Crippen molar-refractivity contribution in [2.24, 2.45) is 0 Å². The van der Waals surface area contributed by atoms with E-state index in [0.29, 0.717) is 12.2 Å². The average Bonchev–Trinajstić information content (AvgIpc) is 2.48. The Kier molecular flexibility index (Phi) is 9.64. The van der Waals surface area contributed by atoms with Crippen LogP contribution in [0.25, 0.3) is 0 Å². The third-order valence-corrected chi connectivity index (χ3v) is 1.83. The molecule has 2 aromatic heterocycles. The van der Waals surface area contributed by atoms with E-state index in [9.17, 15) is 19.8 Å². The summed E-state index contributed by atoms with van der Waals surface area (Å²) in [6.07, 6.45) is 7.88. The van der Waals surface area contributed by atoms with Crippen LogP contribution < -0.4 is 31.3 Å². The largest absolute Gasteiger partial charge is 0.545 e. The molecule has 0 aliphatic carbocycles. The Labute approximate surface area is 127 Å². The van der Waals surface area contributed by atoms with Crippen molar-refractivity contribution in [3.05, 3.63) is 73.3 Å². The molecule has 0 aliphatic rings. The van der Waals surface area contributed by atoms with Crippen molar-refractivity contribution < 1.29 is 29.2 Å². The number of hydrogen-bond donors (Lipinski definition) is 2. The number of carboxylic acid groups (broad SMARTS) is 2. The maximum absolute atomic E-state index is 9.41. The Balaban J connectivity index is 0.000000301. The number of carboxylic acids is 2. The van der Waals surface area contributed by atoms with Crippen molar-refractivity contribution in [2.45, 2.75) is 0 Å². The summed E-state index contributed by atoms with van der Waals surface area (Å²) in [7, 11) is 0. The summed E-state index contributed by atoms with van der Waals surface area (Å²) in [5.41, 5.74) is 0. The van der Waals surface area contributed by atoms with E-state index in [1.54, 1.807) is 24.8 Å². The second-order valence-corrected chi connectivity index (χ2v) is 3.62. The molecular formula is C14H16N4O4. The highest BCUT2D eigenvalue weighted by molar-refractivity contribution is 5.87. The van der Waals surface area contributed by atoms with E-state index in [4.69, 9.17) is 11.7 Å². The first kappa shape index (κ1) is 18.6. The molecular weight excluding hydrogens is 288 g/mol. The zero-order valence-electron chi connectivity index (χ0n) is 11.6. The van der Waals surface area contributed by atoms with Crippen LogP contribution in [0.4, 0.5) is 0 Å². The summed E-state index contributed by atoms with van der Waals surface area (Å²) in [5.74, 6) is 7.45. The molecule has 8 nitrogen and oxygen atoms in total. The molecule has 0 radical (unpaired) electrons. The zero-order valence-corrected chi connectivity index (χ0v) is 11.6. The normalized spacial score (nSPS) is 8.91. The smallest absolute Gasteiger partial charge is 0.199 e. The summed E-state index contributed by atoms with van der Waals surface area (Å²) in [6, 6.07) is 11.3. The van der Waals surface area contributed by atoms with Crippen molar-refractivity contribution in [3.63, 3.8) is 0 Å². The standard InChI is InChI=1S/2C5H7N2.C4H4O4/c2*6-7-4-2-1-3-5-7;5-3(6)1-2-4(7)8/h2*1-5H,6H2;1-2H,(H,5,6)(H,7,8)/q2*+1;/p-2/b;;2-1-. The lowest BCUT2D eigenvalue weighted by atomic mass is 10.5. The topological polar surface area (TPSA) is 140 Å². The molecule has 116 valence electrons. The Morgan fingerprint density at radius 2 is 0.955 bits per heavy atom. The molecule has 2 rings (SSSR count). The fourth-order valence-electron chi connectivity index (χ4n) is 0.960. The Hall–Kier alpha value is -3.42. The summed E-state index contributed by atoms with van der Waals surface area (Å²) in [5, 5.41) is 18.8. The van der Waals surface area contributed by atoms with Crippen molar-refractivity contribution >= 4 is 11.9 Å². The van der Waals surface area contributed by atoms with Crippen molar-refractivity contribution in [3.8, 4) is 0 Å². The zero-order chi connectivity index (χ0) is 16.8. The molecule has 0 bridgehead atoms. The third-order valence-electron chi connectivity index (χ3n) is 1.83.